The van der Waals surface area contributed by atoms with Gasteiger partial charge in [-0.1, -0.05) is 6.92 Å². The molecule has 0 amide bonds. The van der Waals surface area contributed by atoms with Gasteiger partial charge in [-0.2, -0.15) is 0 Å². The van der Waals surface area contributed by atoms with Crippen LogP contribution in [0.15, 0.2) is 6.08 Å². The Hall–Kier alpha value is -1.97. The molecule has 19 heavy (non-hydrogen) atoms. The van der Waals surface area contributed by atoms with Gasteiger partial charge in [0, 0.05) is 12.0 Å². The molecule has 1 aromatic carbocycles. The summed E-state index contributed by atoms with van der Waals surface area (Å²) in [6, 6.07) is 0. The van der Waals surface area contributed by atoms with Crippen LogP contribution in [0.1, 0.15) is 48.7 Å². The Labute approximate surface area is 112 Å². The third kappa shape index (κ3) is 2.07. The lowest BCUT2D eigenvalue weighted by Gasteiger charge is -2.30. The topological polar surface area (TPSA) is 66.8 Å². The molecule has 1 heterocycles. The Balaban J connectivity index is 2.74. The number of aromatic hydroxyl groups is 2. The zero-order chi connectivity index (χ0) is 14.4. The van der Waals surface area contributed by atoms with Crippen molar-refractivity contribution in [2.24, 2.45) is 0 Å². The Kier molecular flexibility index (Phi) is 3.04. The molecule has 0 aromatic heterocycles. The van der Waals surface area contributed by atoms with Crippen molar-refractivity contribution < 1.29 is 19.7 Å². The van der Waals surface area contributed by atoms with Crippen molar-refractivity contribution in [1.82, 2.24) is 0 Å². The highest BCUT2D eigenvalue weighted by Crippen LogP contribution is 2.46. The van der Waals surface area contributed by atoms with Crippen molar-refractivity contribution in [3.63, 3.8) is 0 Å². The van der Waals surface area contributed by atoms with E-state index in [4.69, 9.17) is 4.74 Å². The molecule has 0 aliphatic carbocycles. The maximum atomic E-state index is 11.8. The first-order valence-electron chi connectivity index (χ1n) is 6.28. The molecule has 0 spiro atoms. The number of fused-ring (bicyclic) bond motifs is 1. The predicted molar refractivity (Wildman–Crippen MR) is 72.9 cm³/mol. The van der Waals surface area contributed by atoms with Gasteiger partial charge in [-0.3, -0.25) is 4.79 Å². The predicted octanol–water partition coefficient (Wildman–Crippen LogP) is 3.18. The van der Waals surface area contributed by atoms with Crippen LogP contribution in [0, 0.1) is 6.92 Å². The average Bonchev–Trinajstić information content (AvgIpc) is 2.35. The van der Waals surface area contributed by atoms with Crippen molar-refractivity contribution in [3.8, 4) is 17.2 Å². The zero-order valence-corrected chi connectivity index (χ0v) is 11.6. The molecule has 4 nitrogen and oxygen atoms in total. The molecule has 2 rings (SSSR count). The van der Waals surface area contributed by atoms with E-state index in [2.05, 4.69) is 0 Å². The first-order valence-corrected chi connectivity index (χ1v) is 6.28. The molecule has 0 atom stereocenters. The van der Waals surface area contributed by atoms with E-state index in [1.165, 1.54) is 0 Å². The highest BCUT2D eigenvalue weighted by Gasteiger charge is 2.30. The minimum absolute atomic E-state index is 0.0216. The minimum Gasteiger partial charge on any atom is -0.507 e. The summed E-state index contributed by atoms with van der Waals surface area (Å²) in [5, 5.41) is 20.3. The summed E-state index contributed by atoms with van der Waals surface area (Å²) in [5.74, 6) is -0.278. The van der Waals surface area contributed by atoms with E-state index in [0.29, 0.717) is 16.9 Å². The number of benzene rings is 1. The van der Waals surface area contributed by atoms with E-state index >= 15 is 0 Å². The van der Waals surface area contributed by atoms with Gasteiger partial charge in [-0.25, -0.2) is 0 Å². The summed E-state index contributed by atoms with van der Waals surface area (Å²) < 4.78 is 5.76. The number of hydrogen-bond acceptors (Lipinski definition) is 4. The molecule has 4 heteroatoms. The fourth-order valence-corrected chi connectivity index (χ4v) is 2.16. The summed E-state index contributed by atoms with van der Waals surface area (Å²) in [4.78, 5) is 11.8. The molecule has 0 saturated heterocycles. The number of phenols is 2. The highest BCUT2D eigenvalue weighted by atomic mass is 16.5. The Bertz CT molecular complexity index is 583. The van der Waals surface area contributed by atoms with Gasteiger partial charge in [-0.15, -0.1) is 0 Å². The number of rotatable bonds is 2. The number of phenolic OH excluding ortho intramolecular Hbond substituents is 2. The van der Waals surface area contributed by atoms with Crippen molar-refractivity contribution in [2.75, 3.05) is 0 Å². The third-order valence-electron chi connectivity index (χ3n) is 3.29. The Morgan fingerprint density at radius 1 is 1.32 bits per heavy atom. The fourth-order valence-electron chi connectivity index (χ4n) is 2.16. The van der Waals surface area contributed by atoms with E-state index < -0.39 is 5.60 Å². The Morgan fingerprint density at radius 2 is 1.95 bits per heavy atom. The first kappa shape index (κ1) is 13.5. The minimum atomic E-state index is -0.507. The number of Topliss-reactive ketones (excluding diaryl/α,β-unsaturated/α-hetero) is 1. The molecule has 102 valence electrons. The number of hydrogen-bond donors (Lipinski definition) is 2. The fraction of sp³-hybridized carbons (Fsp3) is 0.400. The molecule has 0 saturated carbocycles. The maximum Gasteiger partial charge on any atom is 0.170 e. The van der Waals surface area contributed by atoms with E-state index in [1.54, 1.807) is 19.9 Å². The molecule has 0 unspecified atom stereocenters. The van der Waals surface area contributed by atoms with Crippen LogP contribution in [-0.4, -0.2) is 21.6 Å². The molecular weight excluding hydrogens is 244 g/mol. The van der Waals surface area contributed by atoms with Crippen LogP contribution in [0.3, 0.4) is 0 Å². The molecule has 0 fully saturated rings. The van der Waals surface area contributed by atoms with E-state index in [-0.39, 0.29) is 29.3 Å². The first-order chi connectivity index (χ1) is 8.78. The monoisotopic (exact) mass is 262 g/mol. The third-order valence-corrected chi connectivity index (χ3v) is 3.29. The van der Waals surface area contributed by atoms with Crippen molar-refractivity contribution in [2.45, 2.75) is 39.7 Å². The zero-order valence-electron chi connectivity index (χ0n) is 11.6. The van der Waals surface area contributed by atoms with Crippen LogP contribution in [0.4, 0.5) is 0 Å². The smallest absolute Gasteiger partial charge is 0.170 e. The second-order valence-corrected chi connectivity index (χ2v) is 5.26. The van der Waals surface area contributed by atoms with Gasteiger partial charge in [0.25, 0.3) is 0 Å². The van der Waals surface area contributed by atoms with Crippen molar-refractivity contribution >= 4 is 11.9 Å². The van der Waals surface area contributed by atoms with Crippen LogP contribution < -0.4 is 4.74 Å². The molecule has 0 radical (unpaired) electrons. The second-order valence-electron chi connectivity index (χ2n) is 5.26. The standard InChI is InChI=1S/C15H18O4/c1-5-10(16)11-12(17)8(2)14-9(13(11)18)6-7-15(3,4)19-14/h6-7,17-18H,5H2,1-4H3. The normalized spacial score (nSPS) is 15.8. The van der Waals surface area contributed by atoms with Crippen molar-refractivity contribution in [3.05, 3.63) is 22.8 Å². The van der Waals surface area contributed by atoms with Gasteiger partial charge >= 0.3 is 0 Å². The average molecular weight is 262 g/mol. The Morgan fingerprint density at radius 3 is 2.53 bits per heavy atom. The number of ether oxygens (including phenoxy) is 1. The highest BCUT2D eigenvalue weighted by molar-refractivity contribution is 6.03. The van der Waals surface area contributed by atoms with E-state index in [1.807, 2.05) is 19.9 Å². The van der Waals surface area contributed by atoms with E-state index in [9.17, 15) is 15.0 Å². The SMILES string of the molecule is CCC(=O)c1c(O)c(C)c2c(c1O)C=CC(C)(C)O2. The molecule has 1 aliphatic heterocycles. The molecule has 1 aromatic rings. The number of ketones is 1. The summed E-state index contributed by atoms with van der Waals surface area (Å²) in [6.45, 7) is 7.12. The summed E-state index contributed by atoms with van der Waals surface area (Å²) in [7, 11) is 0. The van der Waals surface area contributed by atoms with Gasteiger partial charge in [0.2, 0.25) is 0 Å². The summed E-state index contributed by atoms with van der Waals surface area (Å²) >= 11 is 0. The largest absolute Gasteiger partial charge is 0.507 e. The van der Waals surface area contributed by atoms with E-state index in [0.717, 1.165) is 0 Å². The van der Waals surface area contributed by atoms with Gasteiger partial charge in [0.1, 0.15) is 28.4 Å². The summed E-state index contributed by atoms with van der Waals surface area (Å²) in [6.07, 6.45) is 3.76. The van der Waals surface area contributed by atoms with Crippen LogP contribution in [0.2, 0.25) is 0 Å². The van der Waals surface area contributed by atoms with Crippen LogP contribution >= 0.6 is 0 Å². The molecule has 0 bridgehead atoms. The lowest BCUT2D eigenvalue weighted by molar-refractivity contribution is 0.0982. The van der Waals surface area contributed by atoms with Crippen LogP contribution in [0.25, 0.3) is 6.08 Å². The summed E-state index contributed by atoms with van der Waals surface area (Å²) in [5.41, 5.74) is 0.396. The van der Waals surface area contributed by atoms with Gasteiger partial charge < -0.3 is 14.9 Å². The van der Waals surface area contributed by atoms with Crippen LogP contribution in [-0.2, 0) is 0 Å². The van der Waals surface area contributed by atoms with Gasteiger partial charge in [0.15, 0.2) is 5.78 Å². The van der Waals surface area contributed by atoms with Gasteiger partial charge in [0.05, 0.1) is 5.56 Å². The van der Waals surface area contributed by atoms with Crippen molar-refractivity contribution in [1.29, 1.82) is 0 Å². The number of carbonyl (C=O) groups excluding carboxylic acids is 1. The number of carbonyl (C=O) groups is 1. The molecule has 1 aliphatic rings. The quantitative estimate of drug-likeness (QED) is 0.803. The molecule has 2 N–H and O–H groups in total. The molecular formula is C15H18O4. The lowest BCUT2D eigenvalue weighted by atomic mass is 9.93. The van der Waals surface area contributed by atoms with Gasteiger partial charge in [-0.05, 0) is 32.9 Å². The van der Waals surface area contributed by atoms with Crippen LogP contribution in [0.5, 0.6) is 17.2 Å². The second kappa shape index (κ2) is 4.30. The maximum absolute atomic E-state index is 11.8. The lowest BCUT2D eigenvalue weighted by Crippen LogP contribution is -2.28.